The van der Waals surface area contributed by atoms with E-state index in [-0.39, 0.29) is 5.60 Å². The van der Waals surface area contributed by atoms with Gasteiger partial charge in [-0.05, 0) is 56.3 Å². The zero-order chi connectivity index (χ0) is 12.1. The Hall–Kier alpha value is -0.0800. The fourth-order valence-corrected chi connectivity index (χ4v) is 5.81. The van der Waals surface area contributed by atoms with E-state index in [1.165, 1.54) is 25.7 Å². The first-order chi connectivity index (χ1) is 7.89. The minimum atomic E-state index is -0.476. The Morgan fingerprint density at radius 1 is 1.18 bits per heavy atom. The highest BCUT2D eigenvalue weighted by Crippen LogP contribution is 2.71. The van der Waals surface area contributed by atoms with E-state index in [4.69, 9.17) is 4.74 Å². The smallest absolute Gasteiger partial charge is 0.0725 e. The van der Waals surface area contributed by atoms with Gasteiger partial charge in [0.2, 0.25) is 0 Å². The summed E-state index contributed by atoms with van der Waals surface area (Å²) in [6, 6.07) is 0. The number of ether oxygens (including phenoxy) is 1. The topological polar surface area (TPSA) is 29.5 Å². The molecule has 7 atom stereocenters. The zero-order valence-corrected chi connectivity index (χ0v) is 11.2. The van der Waals surface area contributed by atoms with E-state index >= 15 is 0 Å². The Kier molecular flexibility index (Phi) is 1.75. The third kappa shape index (κ3) is 1.02. The van der Waals surface area contributed by atoms with E-state index in [9.17, 15) is 5.11 Å². The first-order valence-electron chi connectivity index (χ1n) is 7.29. The molecule has 3 bridgehead atoms. The van der Waals surface area contributed by atoms with Crippen LogP contribution < -0.4 is 0 Å². The number of fused-ring (bicyclic) bond motifs is 5. The maximum Gasteiger partial charge on any atom is 0.0725 e. The summed E-state index contributed by atoms with van der Waals surface area (Å²) in [5.41, 5.74) is 0.000648. The van der Waals surface area contributed by atoms with Crippen molar-refractivity contribution < 1.29 is 9.84 Å². The van der Waals surface area contributed by atoms with Crippen LogP contribution >= 0.6 is 0 Å². The minimum Gasteiger partial charge on any atom is -0.390 e. The number of rotatable bonds is 0. The maximum atomic E-state index is 10.7. The molecule has 2 nitrogen and oxygen atoms in total. The van der Waals surface area contributed by atoms with E-state index in [1.54, 1.807) is 0 Å². The summed E-state index contributed by atoms with van der Waals surface area (Å²) in [7, 11) is 0. The van der Waals surface area contributed by atoms with E-state index in [0.717, 1.165) is 12.3 Å². The van der Waals surface area contributed by atoms with Crippen molar-refractivity contribution in [1.29, 1.82) is 0 Å². The second-order valence-electron chi connectivity index (χ2n) is 7.75. The maximum absolute atomic E-state index is 10.7. The standard InChI is InChI=1S/C15H24O2/c1-9-4-7-15-8-13(9,2)12(17-15)11-10(15)5-6-14(11,3)16/h9-12,16H,4-8H2,1-3H3. The fourth-order valence-electron chi connectivity index (χ4n) is 5.81. The average Bonchev–Trinajstić information content (AvgIpc) is 2.81. The molecule has 0 aromatic carbocycles. The van der Waals surface area contributed by atoms with E-state index in [1.807, 2.05) is 6.92 Å². The van der Waals surface area contributed by atoms with Crippen LogP contribution in [-0.4, -0.2) is 22.4 Å². The van der Waals surface area contributed by atoms with Gasteiger partial charge in [0.25, 0.3) is 0 Å². The lowest BCUT2D eigenvalue weighted by molar-refractivity contribution is -0.0635. The molecule has 0 radical (unpaired) electrons. The van der Waals surface area contributed by atoms with Gasteiger partial charge in [0.05, 0.1) is 17.3 Å². The Bertz CT molecular complexity index is 377. The molecule has 0 aromatic heterocycles. The second kappa shape index (κ2) is 2.75. The van der Waals surface area contributed by atoms with Gasteiger partial charge >= 0.3 is 0 Å². The summed E-state index contributed by atoms with van der Waals surface area (Å²) in [6.07, 6.45) is 6.29. The van der Waals surface area contributed by atoms with Gasteiger partial charge in [0.1, 0.15) is 0 Å². The van der Waals surface area contributed by atoms with Crippen molar-refractivity contribution in [3.05, 3.63) is 0 Å². The van der Waals surface area contributed by atoms with Gasteiger partial charge in [-0.2, -0.15) is 0 Å². The highest BCUT2D eigenvalue weighted by Gasteiger charge is 2.74. The molecule has 7 unspecified atom stereocenters. The third-order valence-electron chi connectivity index (χ3n) is 6.93. The Labute approximate surface area is 104 Å². The van der Waals surface area contributed by atoms with Crippen LogP contribution in [0.3, 0.4) is 0 Å². The number of hydrogen-bond donors (Lipinski definition) is 1. The summed E-state index contributed by atoms with van der Waals surface area (Å²) in [4.78, 5) is 0. The van der Waals surface area contributed by atoms with Crippen LogP contribution in [0, 0.1) is 23.2 Å². The van der Waals surface area contributed by atoms with E-state index in [0.29, 0.717) is 23.4 Å². The summed E-state index contributed by atoms with van der Waals surface area (Å²) in [5, 5.41) is 10.7. The molecule has 2 heterocycles. The lowest BCUT2D eigenvalue weighted by atomic mass is 9.52. The van der Waals surface area contributed by atoms with Gasteiger partial charge < -0.3 is 9.84 Å². The number of aliphatic hydroxyl groups is 1. The molecule has 2 heteroatoms. The molecule has 4 aliphatic rings. The second-order valence-corrected chi connectivity index (χ2v) is 7.75. The van der Waals surface area contributed by atoms with E-state index in [2.05, 4.69) is 13.8 Å². The molecule has 2 saturated carbocycles. The number of hydrogen-bond acceptors (Lipinski definition) is 2. The molecule has 4 fully saturated rings. The van der Waals surface area contributed by atoms with Gasteiger partial charge in [-0.3, -0.25) is 0 Å². The first kappa shape index (κ1) is 10.8. The molecule has 1 N–H and O–H groups in total. The molecule has 0 amide bonds. The van der Waals surface area contributed by atoms with Crippen molar-refractivity contribution >= 4 is 0 Å². The average molecular weight is 236 g/mol. The van der Waals surface area contributed by atoms with Gasteiger partial charge in [0, 0.05) is 5.92 Å². The molecule has 0 aromatic rings. The fraction of sp³-hybridized carbons (Fsp3) is 1.00. The molecular weight excluding hydrogens is 212 g/mol. The molecule has 2 aliphatic carbocycles. The Morgan fingerprint density at radius 2 is 1.94 bits per heavy atom. The summed E-state index contributed by atoms with van der Waals surface area (Å²) in [5.74, 6) is 1.80. The molecule has 2 aliphatic heterocycles. The molecule has 17 heavy (non-hydrogen) atoms. The highest BCUT2D eigenvalue weighted by molar-refractivity contribution is 5.22. The highest BCUT2D eigenvalue weighted by atomic mass is 16.5. The van der Waals surface area contributed by atoms with Crippen molar-refractivity contribution in [3.8, 4) is 0 Å². The lowest BCUT2D eigenvalue weighted by Crippen LogP contribution is -2.53. The Morgan fingerprint density at radius 3 is 2.71 bits per heavy atom. The molecular formula is C15H24O2. The molecule has 2 saturated heterocycles. The summed E-state index contributed by atoms with van der Waals surface area (Å²) in [6.45, 7) is 6.84. The van der Waals surface area contributed by atoms with Crippen LogP contribution in [-0.2, 0) is 4.74 Å². The van der Waals surface area contributed by atoms with Crippen molar-refractivity contribution in [2.45, 2.75) is 70.2 Å². The summed E-state index contributed by atoms with van der Waals surface area (Å²) >= 11 is 0. The minimum absolute atomic E-state index is 0.150. The largest absolute Gasteiger partial charge is 0.390 e. The molecule has 4 rings (SSSR count). The van der Waals surface area contributed by atoms with Gasteiger partial charge in [-0.25, -0.2) is 0 Å². The lowest BCUT2D eigenvalue weighted by Gasteiger charge is -2.50. The third-order valence-corrected chi connectivity index (χ3v) is 6.93. The normalized spacial score (nSPS) is 68.5. The predicted octanol–water partition coefficient (Wildman–Crippen LogP) is 2.74. The van der Waals surface area contributed by atoms with E-state index < -0.39 is 5.60 Å². The monoisotopic (exact) mass is 236 g/mol. The van der Waals surface area contributed by atoms with Crippen molar-refractivity contribution in [2.75, 3.05) is 0 Å². The van der Waals surface area contributed by atoms with Crippen LogP contribution in [0.25, 0.3) is 0 Å². The zero-order valence-electron chi connectivity index (χ0n) is 11.2. The Balaban J connectivity index is 1.83. The summed E-state index contributed by atoms with van der Waals surface area (Å²) < 4.78 is 6.50. The predicted molar refractivity (Wildman–Crippen MR) is 65.6 cm³/mol. The van der Waals surface area contributed by atoms with Crippen molar-refractivity contribution in [3.63, 3.8) is 0 Å². The van der Waals surface area contributed by atoms with Crippen molar-refractivity contribution in [1.82, 2.24) is 0 Å². The quantitative estimate of drug-likeness (QED) is 0.701. The molecule has 96 valence electrons. The SMILES string of the molecule is CC1CCC23CC1(C)C(O2)C1C3CCC1(C)O. The first-order valence-corrected chi connectivity index (χ1v) is 7.29. The van der Waals surface area contributed by atoms with Gasteiger partial charge in [-0.1, -0.05) is 13.8 Å². The van der Waals surface area contributed by atoms with Crippen LogP contribution in [0.15, 0.2) is 0 Å². The van der Waals surface area contributed by atoms with Gasteiger partial charge in [-0.15, -0.1) is 0 Å². The van der Waals surface area contributed by atoms with Gasteiger partial charge in [0.15, 0.2) is 0 Å². The molecule has 1 spiro atoms. The van der Waals surface area contributed by atoms with Crippen molar-refractivity contribution in [2.24, 2.45) is 23.2 Å². The van der Waals surface area contributed by atoms with Crippen LogP contribution in [0.5, 0.6) is 0 Å². The van der Waals surface area contributed by atoms with Crippen LogP contribution in [0.4, 0.5) is 0 Å². The van der Waals surface area contributed by atoms with Crippen LogP contribution in [0.2, 0.25) is 0 Å². The van der Waals surface area contributed by atoms with Crippen LogP contribution in [0.1, 0.15) is 52.9 Å².